The van der Waals surface area contributed by atoms with Gasteiger partial charge in [-0.1, -0.05) is 70.8 Å². The van der Waals surface area contributed by atoms with Gasteiger partial charge in [0.15, 0.2) is 0 Å². The number of hydrogen-bond donors (Lipinski definition) is 1. The molecule has 0 atom stereocenters. The van der Waals surface area contributed by atoms with Gasteiger partial charge in [0.1, 0.15) is 0 Å². The highest BCUT2D eigenvalue weighted by molar-refractivity contribution is 14.1. The Morgan fingerprint density at radius 3 is 1.95 bits per heavy atom. The molecule has 1 aromatic rings. The van der Waals surface area contributed by atoms with Gasteiger partial charge in [-0.25, -0.2) is 0 Å². The molecule has 0 radical (unpaired) electrons. The fourth-order valence-corrected chi connectivity index (χ4v) is 3.42. The Balaban J connectivity index is 2.00. The van der Waals surface area contributed by atoms with E-state index in [0.29, 0.717) is 0 Å². The van der Waals surface area contributed by atoms with Crippen molar-refractivity contribution in [2.75, 3.05) is 5.73 Å². The van der Waals surface area contributed by atoms with Gasteiger partial charge in [0.05, 0.1) is 0 Å². The van der Waals surface area contributed by atoms with Crippen molar-refractivity contribution in [1.29, 1.82) is 0 Å². The SMILES string of the molecule is CCCCCCCCCCCCc1c(N)cccc1I. The third-order valence-corrected chi connectivity index (χ3v) is 4.95. The minimum Gasteiger partial charge on any atom is -0.398 e. The minimum atomic E-state index is 0.966. The van der Waals surface area contributed by atoms with Crippen molar-refractivity contribution in [2.45, 2.75) is 77.6 Å². The first-order chi connectivity index (χ1) is 9.75. The maximum Gasteiger partial charge on any atom is 0.0357 e. The highest BCUT2D eigenvalue weighted by Crippen LogP contribution is 2.21. The molecule has 1 rings (SSSR count). The lowest BCUT2D eigenvalue weighted by molar-refractivity contribution is 0.556. The summed E-state index contributed by atoms with van der Waals surface area (Å²) in [6.07, 6.45) is 15.1. The molecule has 2 heteroatoms. The van der Waals surface area contributed by atoms with Gasteiger partial charge in [-0.15, -0.1) is 0 Å². The zero-order valence-electron chi connectivity index (χ0n) is 13.0. The minimum absolute atomic E-state index is 0.966. The van der Waals surface area contributed by atoms with Crippen molar-refractivity contribution in [3.8, 4) is 0 Å². The average molecular weight is 387 g/mol. The van der Waals surface area contributed by atoms with E-state index in [-0.39, 0.29) is 0 Å². The van der Waals surface area contributed by atoms with Crippen molar-refractivity contribution in [3.63, 3.8) is 0 Å². The van der Waals surface area contributed by atoms with Gasteiger partial charge in [-0.3, -0.25) is 0 Å². The Labute approximate surface area is 138 Å². The molecule has 0 spiro atoms. The summed E-state index contributed by atoms with van der Waals surface area (Å²) in [5, 5.41) is 0. The smallest absolute Gasteiger partial charge is 0.0357 e. The van der Waals surface area contributed by atoms with E-state index in [9.17, 15) is 0 Å². The molecule has 20 heavy (non-hydrogen) atoms. The predicted octanol–water partition coefficient (Wildman–Crippen LogP) is 6.34. The number of nitrogens with two attached hydrogens (primary N) is 1. The molecule has 0 unspecified atom stereocenters. The number of nitrogen functional groups attached to an aromatic ring is 1. The maximum atomic E-state index is 6.04. The van der Waals surface area contributed by atoms with Gasteiger partial charge in [-0.2, -0.15) is 0 Å². The number of anilines is 1. The molecule has 0 aromatic heterocycles. The first-order valence-electron chi connectivity index (χ1n) is 8.28. The molecule has 0 aliphatic carbocycles. The zero-order chi connectivity index (χ0) is 14.6. The van der Waals surface area contributed by atoms with Crippen molar-refractivity contribution in [2.24, 2.45) is 0 Å². The number of halogens is 1. The Hall–Kier alpha value is -0.250. The molecule has 0 aliphatic heterocycles. The van der Waals surface area contributed by atoms with Crippen molar-refractivity contribution in [3.05, 3.63) is 27.3 Å². The first-order valence-corrected chi connectivity index (χ1v) is 9.36. The molecule has 1 nitrogen and oxygen atoms in total. The Morgan fingerprint density at radius 1 is 0.850 bits per heavy atom. The molecule has 0 saturated heterocycles. The summed E-state index contributed by atoms with van der Waals surface area (Å²) in [7, 11) is 0. The number of unbranched alkanes of at least 4 members (excludes halogenated alkanes) is 9. The van der Waals surface area contributed by atoms with Crippen LogP contribution in [0.2, 0.25) is 0 Å². The maximum absolute atomic E-state index is 6.04. The molecule has 0 heterocycles. The second kappa shape index (κ2) is 11.4. The van der Waals surface area contributed by atoms with E-state index in [1.807, 2.05) is 12.1 Å². The molecule has 0 amide bonds. The van der Waals surface area contributed by atoms with Crippen LogP contribution in [0.3, 0.4) is 0 Å². The highest BCUT2D eigenvalue weighted by Gasteiger charge is 2.03. The van der Waals surface area contributed by atoms with Crippen LogP contribution in [0.1, 0.15) is 76.7 Å². The Bertz CT molecular complexity index is 342. The number of benzene rings is 1. The van der Waals surface area contributed by atoms with Gasteiger partial charge in [0.25, 0.3) is 0 Å². The van der Waals surface area contributed by atoms with Crippen LogP contribution in [0.4, 0.5) is 5.69 Å². The van der Waals surface area contributed by atoms with E-state index < -0.39 is 0 Å². The molecule has 0 aliphatic rings. The van der Waals surface area contributed by atoms with Crippen LogP contribution in [0.25, 0.3) is 0 Å². The van der Waals surface area contributed by atoms with Crippen LogP contribution in [0.15, 0.2) is 18.2 Å². The van der Waals surface area contributed by atoms with Crippen LogP contribution >= 0.6 is 22.6 Å². The van der Waals surface area contributed by atoms with Crippen LogP contribution < -0.4 is 5.73 Å². The molecule has 0 fully saturated rings. The lowest BCUT2D eigenvalue weighted by atomic mass is 10.0. The van der Waals surface area contributed by atoms with Crippen LogP contribution in [-0.4, -0.2) is 0 Å². The fourth-order valence-electron chi connectivity index (χ4n) is 2.63. The van der Waals surface area contributed by atoms with E-state index >= 15 is 0 Å². The lowest BCUT2D eigenvalue weighted by Crippen LogP contribution is -1.97. The van der Waals surface area contributed by atoms with Gasteiger partial charge in [0, 0.05) is 9.26 Å². The van der Waals surface area contributed by atoms with Crippen LogP contribution in [0.5, 0.6) is 0 Å². The summed E-state index contributed by atoms with van der Waals surface area (Å²) in [5.74, 6) is 0. The Kier molecular flexibility index (Phi) is 10.2. The zero-order valence-corrected chi connectivity index (χ0v) is 15.1. The summed E-state index contributed by atoms with van der Waals surface area (Å²) in [4.78, 5) is 0. The van der Waals surface area contributed by atoms with Crippen molar-refractivity contribution >= 4 is 28.3 Å². The number of rotatable bonds is 11. The second-order valence-electron chi connectivity index (χ2n) is 5.74. The standard InChI is InChI=1S/C18H30IN/c1-2-3-4-5-6-7-8-9-10-11-13-16-17(19)14-12-15-18(16)20/h12,14-15H,2-11,13,20H2,1H3. The fraction of sp³-hybridized carbons (Fsp3) is 0.667. The summed E-state index contributed by atoms with van der Waals surface area (Å²) in [5.41, 5.74) is 8.36. The largest absolute Gasteiger partial charge is 0.398 e. The normalized spacial score (nSPS) is 10.9. The van der Waals surface area contributed by atoms with Crippen LogP contribution in [0, 0.1) is 3.57 Å². The monoisotopic (exact) mass is 387 g/mol. The molecule has 2 N–H and O–H groups in total. The van der Waals surface area contributed by atoms with E-state index in [4.69, 9.17) is 5.73 Å². The summed E-state index contributed by atoms with van der Waals surface area (Å²) >= 11 is 2.40. The number of hydrogen-bond acceptors (Lipinski definition) is 1. The van der Waals surface area contributed by atoms with E-state index in [2.05, 4.69) is 35.6 Å². The molecular formula is C18H30IN. The van der Waals surface area contributed by atoms with Gasteiger partial charge in [0.2, 0.25) is 0 Å². The topological polar surface area (TPSA) is 26.0 Å². The molecule has 0 bridgehead atoms. The summed E-state index contributed by atoms with van der Waals surface area (Å²) in [6, 6.07) is 6.22. The van der Waals surface area contributed by atoms with Gasteiger partial charge in [-0.05, 0) is 53.1 Å². The molecule has 0 saturated carbocycles. The van der Waals surface area contributed by atoms with Gasteiger partial charge >= 0.3 is 0 Å². The average Bonchev–Trinajstić information content (AvgIpc) is 2.43. The van der Waals surface area contributed by atoms with E-state index in [0.717, 1.165) is 12.1 Å². The van der Waals surface area contributed by atoms with Crippen LogP contribution in [-0.2, 0) is 6.42 Å². The van der Waals surface area contributed by atoms with E-state index in [1.165, 1.54) is 73.3 Å². The Morgan fingerprint density at radius 2 is 1.40 bits per heavy atom. The van der Waals surface area contributed by atoms with Gasteiger partial charge < -0.3 is 5.73 Å². The lowest BCUT2D eigenvalue weighted by Gasteiger charge is -2.08. The third kappa shape index (κ3) is 7.51. The summed E-state index contributed by atoms with van der Waals surface area (Å²) < 4.78 is 1.32. The third-order valence-electron chi connectivity index (χ3n) is 3.94. The molecule has 114 valence electrons. The first kappa shape index (κ1) is 17.8. The predicted molar refractivity (Wildman–Crippen MR) is 99.1 cm³/mol. The molecule has 1 aromatic carbocycles. The van der Waals surface area contributed by atoms with Crippen molar-refractivity contribution in [1.82, 2.24) is 0 Å². The van der Waals surface area contributed by atoms with E-state index in [1.54, 1.807) is 0 Å². The second-order valence-corrected chi connectivity index (χ2v) is 6.90. The molecular weight excluding hydrogens is 357 g/mol. The highest BCUT2D eigenvalue weighted by atomic mass is 127. The quantitative estimate of drug-likeness (QED) is 0.268. The summed E-state index contributed by atoms with van der Waals surface area (Å²) in [6.45, 7) is 2.28. The van der Waals surface area contributed by atoms with Crippen molar-refractivity contribution < 1.29 is 0 Å².